The topological polar surface area (TPSA) is 10.9 Å². The molecule has 0 aliphatic carbocycles. The summed E-state index contributed by atoms with van der Waals surface area (Å²) in [6.07, 6.45) is 0. The molecule has 2 aromatic heterocycles. The minimum Gasteiger partial charge on any atom is -0.310 e. The summed E-state index contributed by atoms with van der Waals surface area (Å²) >= 11 is 0. The highest BCUT2D eigenvalue weighted by molar-refractivity contribution is 6.88. The molecule has 0 saturated carbocycles. The normalized spacial score (nSPS) is 12.3. The average Bonchev–Trinajstić information content (AvgIpc) is 3.84. The molecule has 0 spiro atoms. The third-order valence-electron chi connectivity index (χ3n) is 14.2. The number of hydrogen-bond acceptors (Lipinski definition) is 2. The summed E-state index contributed by atoms with van der Waals surface area (Å²) in [5, 5.41) is 11.4. The van der Waals surface area contributed by atoms with Crippen LogP contribution in [0, 0.1) is 6.92 Å². The number of hydrogen-bond donors (Lipinski definition) is 0. The van der Waals surface area contributed by atoms with Crippen LogP contribution in [0.4, 0.5) is 34.1 Å². The molecule has 0 radical (unpaired) electrons. The Morgan fingerprint density at radius 2 is 0.824 bits per heavy atom. The maximum absolute atomic E-state index is 2.55. The molecule has 0 atom stereocenters. The van der Waals surface area contributed by atoms with E-state index >= 15 is 0 Å². The predicted molar refractivity (Wildman–Crippen MR) is 297 cm³/mol. The fourth-order valence-corrected chi connectivity index (χ4v) is 11.6. The van der Waals surface area contributed by atoms with Gasteiger partial charge in [-0.1, -0.05) is 148 Å². The van der Waals surface area contributed by atoms with E-state index in [1.165, 1.54) is 87.1 Å². The molecule has 12 rings (SSSR count). The minimum atomic E-state index is -1.47. The second-order valence-corrected chi connectivity index (χ2v) is 25.9. The lowest BCUT2D eigenvalue weighted by atomic mass is 9.86. The molecule has 330 valence electrons. The van der Waals surface area contributed by atoms with Gasteiger partial charge in [0.1, 0.15) is 0 Å². The zero-order valence-corrected chi connectivity index (χ0v) is 41.0. The Balaban J connectivity index is 1.09. The lowest BCUT2D eigenvalue weighted by Gasteiger charge is -2.27. The summed E-state index contributed by atoms with van der Waals surface area (Å²) < 4.78 is 2.55. The van der Waals surface area contributed by atoms with Gasteiger partial charge in [-0.3, -0.25) is 0 Å². The smallest absolute Gasteiger partial charge is 0.0775 e. The lowest BCUT2D eigenvalue weighted by Crippen LogP contribution is -2.37. The van der Waals surface area contributed by atoms with Crippen LogP contribution in [0.25, 0.3) is 70.8 Å². The van der Waals surface area contributed by atoms with Crippen LogP contribution in [-0.4, -0.2) is 12.5 Å². The number of nitrogens with zero attached hydrogens (tertiary/aromatic N) is 3. The van der Waals surface area contributed by atoms with Gasteiger partial charge < -0.3 is 14.2 Å². The van der Waals surface area contributed by atoms with E-state index in [4.69, 9.17) is 0 Å². The fraction of sp³-hybridized carbons (Fsp3) is 0.125. The first kappa shape index (κ1) is 41.7. The number of aryl methyl sites for hydroxylation is 1. The molecule has 2 heterocycles. The highest BCUT2D eigenvalue weighted by Gasteiger charge is 2.23. The number of rotatable bonds is 8. The highest BCUT2D eigenvalue weighted by Crippen LogP contribution is 2.46. The number of anilines is 6. The number of fused-ring (bicyclic) bond motifs is 8. The Labute approximate surface area is 400 Å². The van der Waals surface area contributed by atoms with Gasteiger partial charge in [0.2, 0.25) is 0 Å². The molecule has 0 aliphatic rings. The van der Waals surface area contributed by atoms with Crippen LogP contribution < -0.4 is 15.0 Å². The standard InChI is InChI=1S/C64H55N3Si/c1-42-18-26-52(27-19-42)65(50-14-10-8-11-15-50)54-28-22-44-36-57-59-38-48(43-20-24-49(25-21-43)64(2,3)4)39-60-58-37-45-23-29-55(35-47(45)41-62(58)67(63(59)60)61(57)40-46(44)34-54)66(51-16-12-9-13-17-51)53-30-32-56(33-31-53)68(5,6)7/h8-41H,1-7H3. The summed E-state index contributed by atoms with van der Waals surface area (Å²) in [7, 11) is -1.47. The zero-order valence-electron chi connectivity index (χ0n) is 40.0. The predicted octanol–water partition coefficient (Wildman–Crippen LogP) is 17.9. The SMILES string of the molecule is Cc1ccc(N(c2ccccc2)c2ccc3cc4c5cc(-c6ccc(C(C)(C)C)cc6)cc6c7cc8ccc(N(c9ccccc9)c9ccc([Si](C)(C)C)cc9)cc8cc7n(c4cc3c2)c56)cc1. The first-order valence-corrected chi connectivity index (χ1v) is 27.5. The maximum Gasteiger partial charge on any atom is 0.0775 e. The van der Waals surface area contributed by atoms with E-state index < -0.39 is 8.07 Å². The molecule has 68 heavy (non-hydrogen) atoms. The van der Waals surface area contributed by atoms with Crippen LogP contribution in [0.1, 0.15) is 31.9 Å². The first-order valence-electron chi connectivity index (χ1n) is 24.0. The third-order valence-corrected chi connectivity index (χ3v) is 16.3. The molecule has 0 aliphatic heterocycles. The Bertz CT molecular complexity index is 3840. The summed E-state index contributed by atoms with van der Waals surface area (Å²) in [5.41, 5.74) is 15.7. The van der Waals surface area contributed by atoms with E-state index in [2.05, 4.69) is 268 Å². The molecular weight excluding hydrogens is 839 g/mol. The molecule has 0 bridgehead atoms. The Morgan fingerprint density at radius 3 is 1.28 bits per heavy atom. The average molecular weight is 894 g/mol. The van der Waals surface area contributed by atoms with E-state index in [9.17, 15) is 0 Å². The summed E-state index contributed by atoms with van der Waals surface area (Å²) in [4.78, 5) is 4.76. The quantitative estimate of drug-likeness (QED) is 0.141. The molecule has 0 unspecified atom stereocenters. The maximum atomic E-state index is 2.55. The van der Waals surface area contributed by atoms with Crippen molar-refractivity contribution >= 4 is 107 Å². The van der Waals surface area contributed by atoms with E-state index in [0.717, 1.165) is 34.1 Å². The van der Waals surface area contributed by atoms with E-state index in [0.29, 0.717) is 0 Å². The van der Waals surface area contributed by atoms with E-state index in [-0.39, 0.29) is 5.41 Å². The van der Waals surface area contributed by atoms with Gasteiger partial charge in [0.05, 0.1) is 24.6 Å². The molecule has 0 amide bonds. The second kappa shape index (κ2) is 15.7. The largest absolute Gasteiger partial charge is 0.310 e. The van der Waals surface area contributed by atoms with Crippen molar-refractivity contribution in [3.63, 3.8) is 0 Å². The molecule has 0 N–H and O–H groups in total. The summed E-state index contributed by atoms with van der Waals surface area (Å²) in [6, 6.07) is 77.4. The number of para-hydroxylation sites is 2. The van der Waals surface area contributed by atoms with Gasteiger partial charge in [0.25, 0.3) is 0 Å². The van der Waals surface area contributed by atoms with Crippen molar-refractivity contribution in [3.05, 3.63) is 217 Å². The number of benzene rings is 10. The fourth-order valence-electron chi connectivity index (χ4n) is 10.5. The molecule has 4 heteroatoms. The van der Waals surface area contributed by atoms with Gasteiger partial charge in [0, 0.05) is 55.7 Å². The van der Waals surface area contributed by atoms with Crippen molar-refractivity contribution in [3.8, 4) is 11.1 Å². The summed E-state index contributed by atoms with van der Waals surface area (Å²) in [5.74, 6) is 0. The molecular formula is C64H55N3Si. The monoisotopic (exact) mass is 893 g/mol. The van der Waals surface area contributed by atoms with Crippen molar-refractivity contribution < 1.29 is 0 Å². The minimum absolute atomic E-state index is 0.0828. The van der Waals surface area contributed by atoms with Crippen LogP contribution in [0.15, 0.2) is 206 Å². The Hall–Kier alpha value is -7.66. The third kappa shape index (κ3) is 7.10. The Kier molecular flexibility index (Phi) is 9.65. The van der Waals surface area contributed by atoms with Crippen LogP contribution in [-0.2, 0) is 5.41 Å². The van der Waals surface area contributed by atoms with Gasteiger partial charge in [-0.2, -0.15) is 0 Å². The van der Waals surface area contributed by atoms with E-state index in [1.807, 2.05) is 0 Å². The highest BCUT2D eigenvalue weighted by atomic mass is 28.3. The lowest BCUT2D eigenvalue weighted by molar-refractivity contribution is 0.590. The molecule has 0 saturated heterocycles. The summed E-state index contributed by atoms with van der Waals surface area (Å²) in [6.45, 7) is 16.2. The van der Waals surface area contributed by atoms with Crippen molar-refractivity contribution in [2.45, 2.75) is 52.8 Å². The van der Waals surface area contributed by atoms with E-state index in [1.54, 1.807) is 0 Å². The zero-order chi connectivity index (χ0) is 46.5. The second-order valence-electron chi connectivity index (χ2n) is 20.9. The van der Waals surface area contributed by atoms with Gasteiger partial charge in [-0.05, 0) is 160 Å². The van der Waals surface area contributed by atoms with Gasteiger partial charge in [-0.25, -0.2) is 0 Å². The van der Waals surface area contributed by atoms with Gasteiger partial charge in [0.15, 0.2) is 0 Å². The Morgan fingerprint density at radius 1 is 0.382 bits per heavy atom. The van der Waals surface area contributed by atoms with Crippen LogP contribution in [0.3, 0.4) is 0 Å². The van der Waals surface area contributed by atoms with Crippen molar-refractivity contribution in [1.29, 1.82) is 0 Å². The van der Waals surface area contributed by atoms with Crippen molar-refractivity contribution in [1.82, 2.24) is 4.40 Å². The van der Waals surface area contributed by atoms with Crippen molar-refractivity contribution in [2.24, 2.45) is 0 Å². The molecule has 0 fully saturated rings. The first-order chi connectivity index (χ1) is 32.9. The molecule has 10 aromatic carbocycles. The van der Waals surface area contributed by atoms with Crippen LogP contribution >= 0.6 is 0 Å². The van der Waals surface area contributed by atoms with Gasteiger partial charge >= 0.3 is 0 Å². The molecule has 12 aromatic rings. The van der Waals surface area contributed by atoms with Gasteiger partial charge in [-0.15, -0.1) is 0 Å². The van der Waals surface area contributed by atoms with Crippen molar-refractivity contribution in [2.75, 3.05) is 9.80 Å². The van der Waals surface area contributed by atoms with Crippen LogP contribution in [0.5, 0.6) is 0 Å². The van der Waals surface area contributed by atoms with Crippen LogP contribution in [0.2, 0.25) is 19.6 Å². The number of aromatic nitrogens is 1. The molecule has 3 nitrogen and oxygen atoms in total.